The molecule has 0 saturated heterocycles. The van der Waals surface area contributed by atoms with Crippen LogP contribution in [0.3, 0.4) is 0 Å². The third kappa shape index (κ3) is 2.77. The smallest absolute Gasteiger partial charge is 0.275 e. The Hall–Kier alpha value is -1.40. The normalized spacial score (nSPS) is 9.73. The fraction of sp³-hybridized carbons (Fsp3) is 0.125. The largest absolute Gasteiger partial charge is 0.376 e. The van der Waals surface area contributed by atoms with E-state index < -0.39 is 4.92 Å². The molecule has 0 saturated carbocycles. The summed E-state index contributed by atoms with van der Waals surface area (Å²) in [4.78, 5) is 10.2. The minimum atomic E-state index is -0.508. The Morgan fingerprint density at radius 3 is 2.73 bits per heavy atom. The highest BCUT2D eigenvalue weighted by molar-refractivity contribution is 7.80. The van der Waals surface area contributed by atoms with Crippen molar-refractivity contribution in [3.8, 4) is 0 Å². The highest BCUT2D eigenvalue weighted by Gasteiger charge is 2.15. The molecule has 0 aliphatic rings. The van der Waals surface area contributed by atoms with Crippen LogP contribution < -0.4 is 11.1 Å². The maximum Gasteiger partial charge on any atom is 0.275 e. The highest BCUT2D eigenvalue weighted by atomic mass is 35.5. The SMILES string of the molecule is Cc1c(Cl)cc(NC(N)=S)cc1[N+](=O)[O-]. The standard InChI is InChI=1S/C8H8ClN3O2S/c1-4-6(9)2-5(11-8(10)15)3-7(4)12(13)14/h2-3H,1H3,(H3,10,11,15). The first-order valence-electron chi connectivity index (χ1n) is 3.93. The van der Waals surface area contributed by atoms with Crippen molar-refractivity contribution >= 4 is 40.3 Å². The van der Waals surface area contributed by atoms with Gasteiger partial charge in [0.2, 0.25) is 0 Å². The molecule has 15 heavy (non-hydrogen) atoms. The number of nitrogens with zero attached hydrogens (tertiary/aromatic N) is 1. The van der Waals surface area contributed by atoms with E-state index in [1.54, 1.807) is 6.92 Å². The third-order valence-electron chi connectivity index (χ3n) is 1.78. The molecule has 0 heterocycles. The zero-order valence-electron chi connectivity index (χ0n) is 7.78. The van der Waals surface area contributed by atoms with Crippen LogP contribution in [0.4, 0.5) is 11.4 Å². The number of nitro groups is 1. The minimum absolute atomic E-state index is 0.0317. The summed E-state index contributed by atoms with van der Waals surface area (Å²) in [6.45, 7) is 1.57. The molecule has 0 atom stereocenters. The summed E-state index contributed by atoms with van der Waals surface area (Å²) in [5, 5.41) is 13.6. The van der Waals surface area contributed by atoms with Crippen molar-refractivity contribution in [2.24, 2.45) is 5.73 Å². The molecule has 1 rings (SSSR count). The number of nitrogens with two attached hydrogens (primary N) is 1. The maximum absolute atomic E-state index is 10.7. The van der Waals surface area contributed by atoms with Gasteiger partial charge in [0.1, 0.15) is 0 Å². The molecular formula is C8H8ClN3O2S. The average molecular weight is 246 g/mol. The van der Waals surface area contributed by atoms with Crippen molar-refractivity contribution in [2.75, 3.05) is 5.32 Å². The molecule has 3 N–H and O–H groups in total. The average Bonchev–Trinajstić information content (AvgIpc) is 2.09. The Balaban J connectivity index is 3.23. The molecule has 1 aromatic rings. The molecule has 0 radical (unpaired) electrons. The second kappa shape index (κ2) is 4.41. The van der Waals surface area contributed by atoms with Gasteiger partial charge in [-0.25, -0.2) is 0 Å². The minimum Gasteiger partial charge on any atom is -0.376 e. The van der Waals surface area contributed by atoms with Crippen LogP contribution in [0.2, 0.25) is 5.02 Å². The monoisotopic (exact) mass is 245 g/mol. The summed E-state index contributed by atoms with van der Waals surface area (Å²) < 4.78 is 0. The van der Waals surface area contributed by atoms with E-state index in [1.165, 1.54) is 12.1 Å². The Kier molecular flexibility index (Phi) is 3.43. The van der Waals surface area contributed by atoms with Gasteiger partial charge in [0.05, 0.1) is 9.95 Å². The van der Waals surface area contributed by atoms with Crippen molar-refractivity contribution < 1.29 is 4.92 Å². The van der Waals surface area contributed by atoms with Crippen LogP contribution in [0, 0.1) is 17.0 Å². The second-order valence-electron chi connectivity index (χ2n) is 2.85. The molecule has 5 nitrogen and oxygen atoms in total. The molecule has 1 aromatic carbocycles. The zero-order valence-corrected chi connectivity index (χ0v) is 9.35. The van der Waals surface area contributed by atoms with Gasteiger partial charge >= 0.3 is 0 Å². The topological polar surface area (TPSA) is 81.2 Å². The Morgan fingerprint density at radius 2 is 2.27 bits per heavy atom. The van der Waals surface area contributed by atoms with Crippen LogP contribution >= 0.6 is 23.8 Å². The summed E-state index contributed by atoms with van der Waals surface area (Å²) in [5.74, 6) is 0. The van der Waals surface area contributed by atoms with Crippen molar-refractivity contribution in [2.45, 2.75) is 6.92 Å². The lowest BCUT2D eigenvalue weighted by Gasteiger charge is -2.06. The Morgan fingerprint density at radius 1 is 1.67 bits per heavy atom. The molecule has 0 unspecified atom stereocenters. The van der Waals surface area contributed by atoms with Crippen LogP contribution in [0.15, 0.2) is 12.1 Å². The fourth-order valence-electron chi connectivity index (χ4n) is 1.07. The number of thiocarbonyl (C=S) groups is 1. The van der Waals surface area contributed by atoms with Gasteiger partial charge < -0.3 is 11.1 Å². The number of nitro benzene ring substituents is 1. The van der Waals surface area contributed by atoms with E-state index in [-0.39, 0.29) is 10.8 Å². The summed E-state index contributed by atoms with van der Waals surface area (Å²) in [7, 11) is 0. The number of halogens is 1. The lowest BCUT2D eigenvalue weighted by molar-refractivity contribution is -0.385. The second-order valence-corrected chi connectivity index (χ2v) is 3.70. The maximum atomic E-state index is 10.7. The van der Waals surface area contributed by atoms with E-state index in [0.29, 0.717) is 16.3 Å². The van der Waals surface area contributed by atoms with Gasteiger partial charge in [0.15, 0.2) is 5.11 Å². The number of hydrogen-bond donors (Lipinski definition) is 2. The number of rotatable bonds is 2. The van der Waals surface area contributed by atoms with Gasteiger partial charge in [-0.3, -0.25) is 10.1 Å². The summed E-state index contributed by atoms with van der Waals surface area (Å²) in [6, 6.07) is 2.86. The van der Waals surface area contributed by atoms with Gasteiger partial charge in [0, 0.05) is 17.3 Å². The fourth-order valence-corrected chi connectivity index (χ4v) is 1.40. The summed E-state index contributed by atoms with van der Waals surface area (Å²) >= 11 is 10.4. The molecule has 0 bridgehead atoms. The van der Waals surface area contributed by atoms with E-state index in [1.807, 2.05) is 0 Å². The van der Waals surface area contributed by atoms with E-state index in [0.717, 1.165) is 0 Å². The van der Waals surface area contributed by atoms with Crippen LogP contribution in [0.1, 0.15) is 5.56 Å². The number of hydrogen-bond acceptors (Lipinski definition) is 3. The molecule has 0 amide bonds. The molecule has 0 aliphatic carbocycles. The first-order chi connectivity index (χ1) is 6.91. The Labute approximate surface area is 96.4 Å². The molecule has 0 aromatic heterocycles. The van der Waals surface area contributed by atoms with Gasteiger partial charge in [-0.2, -0.15) is 0 Å². The molecule has 7 heteroatoms. The van der Waals surface area contributed by atoms with Gasteiger partial charge in [-0.15, -0.1) is 0 Å². The Bertz CT molecular complexity index is 436. The molecule has 0 fully saturated rings. The van der Waals surface area contributed by atoms with Gasteiger partial charge in [0.25, 0.3) is 5.69 Å². The number of anilines is 1. The highest BCUT2D eigenvalue weighted by Crippen LogP contribution is 2.29. The van der Waals surface area contributed by atoms with E-state index in [9.17, 15) is 10.1 Å². The lowest BCUT2D eigenvalue weighted by Crippen LogP contribution is -2.19. The lowest BCUT2D eigenvalue weighted by atomic mass is 10.2. The quantitative estimate of drug-likeness (QED) is 0.474. The van der Waals surface area contributed by atoms with Crippen molar-refractivity contribution in [3.05, 3.63) is 32.8 Å². The summed E-state index contributed by atoms with van der Waals surface area (Å²) in [5.41, 5.74) is 6.00. The zero-order chi connectivity index (χ0) is 11.6. The van der Waals surface area contributed by atoms with Crippen LogP contribution in [0.25, 0.3) is 0 Å². The van der Waals surface area contributed by atoms with Gasteiger partial charge in [-0.1, -0.05) is 11.6 Å². The molecule has 80 valence electrons. The van der Waals surface area contributed by atoms with Crippen LogP contribution in [0.5, 0.6) is 0 Å². The van der Waals surface area contributed by atoms with E-state index in [2.05, 4.69) is 17.5 Å². The number of benzene rings is 1. The van der Waals surface area contributed by atoms with Gasteiger partial charge in [-0.05, 0) is 25.2 Å². The van der Waals surface area contributed by atoms with E-state index in [4.69, 9.17) is 17.3 Å². The van der Waals surface area contributed by atoms with Crippen LogP contribution in [-0.2, 0) is 0 Å². The third-order valence-corrected chi connectivity index (χ3v) is 2.28. The molecule has 0 spiro atoms. The molecule has 0 aliphatic heterocycles. The first kappa shape index (κ1) is 11.7. The predicted molar refractivity (Wildman–Crippen MR) is 63.3 cm³/mol. The van der Waals surface area contributed by atoms with E-state index >= 15 is 0 Å². The van der Waals surface area contributed by atoms with Crippen LogP contribution in [-0.4, -0.2) is 10.0 Å². The van der Waals surface area contributed by atoms with Crippen molar-refractivity contribution in [1.29, 1.82) is 0 Å². The first-order valence-corrected chi connectivity index (χ1v) is 4.71. The van der Waals surface area contributed by atoms with Crippen molar-refractivity contribution in [1.82, 2.24) is 0 Å². The predicted octanol–water partition coefficient (Wildman–Crippen LogP) is 2.21. The summed E-state index contributed by atoms with van der Waals surface area (Å²) in [6.07, 6.45) is 0. The number of nitrogens with one attached hydrogen (secondary N) is 1. The van der Waals surface area contributed by atoms with Crippen molar-refractivity contribution in [3.63, 3.8) is 0 Å². The molecular weight excluding hydrogens is 238 g/mol.